The van der Waals surface area contributed by atoms with Gasteiger partial charge in [-0.3, -0.25) is 9.59 Å². The molecule has 1 N–H and O–H groups in total. The standard InChI is InChI=1S/C11H10FNO3/c12-7-2-3-8-9(6-7)13(4-1-5-14)11(16)10(8)15/h2-3,6,14H,1,4-5H2. The van der Waals surface area contributed by atoms with E-state index in [-0.39, 0.29) is 18.7 Å². The van der Waals surface area contributed by atoms with Crippen molar-refractivity contribution in [1.29, 1.82) is 0 Å². The molecule has 0 aliphatic carbocycles. The van der Waals surface area contributed by atoms with Crippen molar-refractivity contribution >= 4 is 17.4 Å². The number of amides is 1. The Morgan fingerprint density at radius 2 is 2.06 bits per heavy atom. The molecule has 0 unspecified atom stereocenters. The highest BCUT2D eigenvalue weighted by molar-refractivity contribution is 6.52. The molecule has 0 atom stereocenters. The number of carbonyl (C=O) groups is 2. The van der Waals surface area contributed by atoms with Gasteiger partial charge in [-0.15, -0.1) is 0 Å². The van der Waals surface area contributed by atoms with Crippen molar-refractivity contribution in [2.75, 3.05) is 18.1 Å². The summed E-state index contributed by atoms with van der Waals surface area (Å²) >= 11 is 0. The van der Waals surface area contributed by atoms with E-state index in [2.05, 4.69) is 0 Å². The summed E-state index contributed by atoms with van der Waals surface area (Å²) in [5.41, 5.74) is 0.521. The smallest absolute Gasteiger partial charge is 0.299 e. The molecule has 1 aromatic rings. The second kappa shape index (κ2) is 4.02. The van der Waals surface area contributed by atoms with Crippen LogP contribution in [0.3, 0.4) is 0 Å². The van der Waals surface area contributed by atoms with Crippen LogP contribution in [0.1, 0.15) is 16.8 Å². The number of ketones is 1. The zero-order valence-electron chi connectivity index (χ0n) is 8.44. The van der Waals surface area contributed by atoms with E-state index in [0.29, 0.717) is 12.1 Å². The number of aliphatic hydroxyl groups excluding tert-OH is 1. The number of carbonyl (C=O) groups excluding carboxylic acids is 2. The Hall–Kier alpha value is -1.75. The van der Waals surface area contributed by atoms with Gasteiger partial charge in [-0.1, -0.05) is 0 Å². The zero-order chi connectivity index (χ0) is 11.7. The highest BCUT2D eigenvalue weighted by atomic mass is 19.1. The van der Waals surface area contributed by atoms with Crippen LogP contribution in [0.15, 0.2) is 18.2 Å². The molecule has 0 saturated heterocycles. The summed E-state index contributed by atoms with van der Waals surface area (Å²) in [6, 6.07) is 3.62. The fourth-order valence-corrected chi connectivity index (χ4v) is 1.72. The zero-order valence-corrected chi connectivity index (χ0v) is 8.44. The molecule has 0 saturated carbocycles. The first-order valence-electron chi connectivity index (χ1n) is 4.91. The SMILES string of the molecule is O=C1C(=O)N(CCCO)c2cc(F)ccc21. The van der Waals surface area contributed by atoms with Gasteiger partial charge < -0.3 is 10.0 Å². The molecule has 4 nitrogen and oxygen atoms in total. The summed E-state index contributed by atoms with van der Waals surface area (Å²) in [7, 11) is 0. The van der Waals surface area contributed by atoms with Gasteiger partial charge in [-0.05, 0) is 24.6 Å². The molecular formula is C11H10FNO3. The first-order chi connectivity index (χ1) is 7.65. The number of anilines is 1. The molecule has 1 aliphatic rings. The molecule has 2 rings (SSSR count). The molecule has 1 heterocycles. The number of hydrogen-bond donors (Lipinski definition) is 1. The third kappa shape index (κ3) is 1.59. The van der Waals surface area contributed by atoms with E-state index in [4.69, 9.17) is 5.11 Å². The minimum atomic E-state index is -0.658. The number of nitrogens with zero attached hydrogens (tertiary/aromatic N) is 1. The van der Waals surface area contributed by atoms with Crippen LogP contribution in [-0.4, -0.2) is 29.9 Å². The first-order valence-corrected chi connectivity index (χ1v) is 4.91. The summed E-state index contributed by atoms with van der Waals surface area (Å²) in [4.78, 5) is 24.3. The maximum absolute atomic E-state index is 13.0. The van der Waals surface area contributed by atoms with Crippen molar-refractivity contribution in [1.82, 2.24) is 0 Å². The Morgan fingerprint density at radius 1 is 1.31 bits per heavy atom. The van der Waals surface area contributed by atoms with E-state index in [1.54, 1.807) is 0 Å². The summed E-state index contributed by atoms with van der Waals surface area (Å²) in [5, 5.41) is 8.68. The van der Waals surface area contributed by atoms with E-state index in [1.807, 2.05) is 0 Å². The Labute approximate surface area is 91.3 Å². The van der Waals surface area contributed by atoms with E-state index < -0.39 is 17.5 Å². The number of halogens is 1. The van der Waals surface area contributed by atoms with Gasteiger partial charge in [-0.2, -0.15) is 0 Å². The monoisotopic (exact) mass is 223 g/mol. The lowest BCUT2D eigenvalue weighted by atomic mass is 10.1. The van der Waals surface area contributed by atoms with E-state index in [9.17, 15) is 14.0 Å². The number of rotatable bonds is 3. The molecule has 1 aliphatic heterocycles. The Kier molecular flexibility index (Phi) is 2.70. The fraction of sp³-hybridized carbons (Fsp3) is 0.273. The molecule has 1 aromatic carbocycles. The lowest BCUT2D eigenvalue weighted by Gasteiger charge is -2.15. The van der Waals surface area contributed by atoms with Crippen molar-refractivity contribution in [3.05, 3.63) is 29.6 Å². The Balaban J connectivity index is 2.39. The van der Waals surface area contributed by atoms with Crippen molar-refractivity contribution in [2.45, 2.75) is 6.42 Å². The summed E-state index contributed by atoms with van der Waals surface area (Å²) in [6.07, 6.45) is 0.356. The van der Waals surface area contributed by atoms with Crippen LogP contribution >= 0.6 is 0 Å². The number of aliphatic hydroxyl groups is 1. The van der Waals surface area contributed by atoms with Crippen LogP contribution in [0, 0.1) is 5.82 Å². The van der Waals surface area contributed by atoms with Crippen LogP contribution in [0.4, 0.5) is 10.1 Å². The van der Waals surface area contributed by atoms with Crippen molar-refractivity contribution in [3.8, 4) is 0 Å². The van der Waals surface area contributed by atoms with Gasteiger partial charge >= 0.3 is 0 Å². The van der Waals surface area contributed by atoms with Gasteiger partial charge in [0.05, 0.1) is 11.3 Å². The Morgan fingerprint density at radius 3 is 2.75 bits per heavy atom. The second-order valence-corrected chi connectivity index (χ2v) is 3.52. The van der Waals surface area contributed by atoms with Crippen LogP contribution in [-0.2, 0) is 4.79 Å². The lowest BCUT2D eigenvalue weighted by Crippen LogP contribution is -2.31. The van der Waals surface area contributed by atoms with Gasteiger partial charge in [0.2, 0.25) is 0 Å². The fourth-order valence-electron chi connectivity index (χ4n) is 1.72. The van der Waals surface area contributed by atoms with Gasteiger partial charge in [-0.25, -0.2) is 4.39 Å². The van der Waals surface area contributed by atoms with Gasteiger partial charge in [0, 0.05) is 13.2 Å². The largest absolute Gasteiger partial charge is 0.396 e. The molecule has 0 radical (unpaired) electrons. The summed E-state index contributed by atoms with van der Waals surface area (Å²) in [5.74, 6) is -1.77. The summed E-state index contributed by atoms with van der Waals surface area (Å²) < 4.78 is 13.0. The van der Waals surface area contributed by atoms with E-state index in [1.165, 1.54) is 11.0 Å². The van der Waals surface area contributed by atoms with Gasteiger partial charge in [0.25, 0.3) is 11.7 Å². The van der Waals surface area contributed by atoms with Crippen LogP contribution in [0.25, 0.3) is 0 Å². The van der Waals surface area contributed by atoms with Crippen molar-refractivity contribution in [2.24, 2.45) is 0 Å². The quantitative estimate of drug-likeness (QED) is 0.769. The first kappa shape index (κ1) is 10.8. The molecule has 5 heteroatoms. The number of hydrogen-bond acceptors (Lipinski definition) is 3. The molecule has 16 heavy (non-hydrogen) atoms. The topological polar surface area (TPSA) is 57.6 Å². The van der Waals surface area contributed by atoms with Crippen LogP contribution in [0.5, 0.6) is 0 Å². The predicted molar refractivity (Wildman–Crippen MR) is 54.8 cm³/mol. The lowest BCUT2D eigenvalue weighted by molar-refractivity contribution is -0.114. The third-order valence-electron chi connectivity index (χ3n) is 2.47. The highest BCUT2D eigenvalue weighted by Gasteiger charge is 2.35. The molecule has 0 aromatic heterocycles. The molecular weight excluding hydrogens is 213 g/mol. The number of fused-ring (bicyclic) bond motifs is 1. The third-order valence-corrected chi connectivity index (χ3v) is 2.47. The number of Topliss-reactive ketones (excluding diaryl/α,β-unsaturated/α-hetero) is 1. The normalized spacial score (nSPS) is 14.5. The molecule has 0 spiro atoms. The average molecular weight is 223 g/mol. The molecule has 0 bridgehead atoms. The van der Waals surface area contributed by atoms with Crippen molar-refractivity contribution < 1.29 is 19.1 Å². The highest BCUT2D eigenvalue weighted by Crippen LogP contribution is 2.29. The second-order valence-electron chi connectivity index (χ2n) is 3.52. The van der Waals surface area contributed by atoms with Crippen LogP contribution < -0.4 is 4.90 Å². The molecule has 0 fully saturated rings. The maximum atomic E-state index is 13.0. The van der Waals surface area contributed by atoms with Gasteiger partial charge in [0.1, 0.15) is 5.82 Å². The minimum absolute atomic E-state index is 0.0807. The summed E-state index contributed by atoms with van der Waals surface area (Å²) in [6.45, 7) is 0.139. The molecule has 84 valence electrons. The average Bonchev–Trinajstić information content (AvgIpc) is 2.50. The van der Waals surface area contributed by atoms with Crippen molar-refractivity contribution in [3.63, 3.8) is 0 Å². The number of benzene rings is 1. The van der Waals surface area contributed by atoms with E-state index in [0.717, 1.165) is 12.1 Å². The molecule has 1 amide bonds. The van der Waals surface area contributed by atoms with Gasteiger partial charge in [0.15, 0.2) is 0 Å². The van der Waals surface area contributed by atoms with Crippen LogP contribution in [0.2, 0.25) is 0 Å². The predicted octanol–water partition coefficient (Wildman–Crippen LogP) is 0.737. The minimum Gasteiger partial charge on any atom is -0.396 e. The Bertz CT molecular complexity index is 459. The maximum Gasteiger partial charge on any atom is 0.299 e. The van der Waals surface area contributed by atoms with E-state index >= 15 is 0 Å².